The molecule has 0 saturated carbocycles. The minimum atomic E-state index is -0.0934. The fourth-order valence-corrected chi connectivity index (χ4v) is 3.48. The Morgan fingerprint density at radius 2 is 2.17 bits per heavy atom. The van der Waals surface area contributed by atoms with E-state index in [1.54, 1.807) is 10.8 Å². The van der Waals surface area contributed by atoms with Crippen LogP contribution in [-0.4, -0.2) is 46.0 Å². The topological polar surface area (TPSA) is 53.1 Å². The molecule has 1 aromatic heterocycles. The number of benzene rings is 1. The molecule has 0 radical (unpaired) electrons. The van der Waals surface area contributed by atoms with E-state index in [1.165, 1.54) is 6.42 Å². The Hall–Kier alpha value is -1.92. The van der Waals surface area contributed by atoms with Crippen molar-refractivity contribution in [3.05, 3.63) is 47.0 Å². The predicted octanol–water partition coefficient (Wildman–Crippen LogP) is 2.75. The summed E-state index contributed by atoms with van der Waals surface area (Å²) in [5, 5.41) is 3.06. The first-order chi connectivity index (χ1) is 11.2. The molecule has 122 valence electrons. The highest BCUT2D eigenvalue weighted by Gasteiger charge is 2.24. The van der Waals surface area contributed by atoms with Crippen LogP contribution in [0.15, 0.2) is 36.5 Å². The second-order valence-electron chi connectivity index (χ2n) is 5.78. The number of aromatic amines is 1. The van der Waals surface area contributed by atoms with Crippen molar-refractivity contribution >= 4 is 18.1 Å². The SMILES string of the molecule is CCN1CCCC1CNC(=O)c1c[nH]c(=S)n1-c1ccccc1. The van der Waals surface area contributed by atoms with Crippen LogP contribution < -0.4 is 5.32 Å². The third kappa shape index (κ3) is 3.38. The molecule has 1 aliphatic heterocycles. The van der Waals surface area contributed by atoms with Crippen LogP contribution in [0.2, 0.25) is 0 Å². The van der Waals surface area contributed by atoms with Gasteiger partial charge in [0, 0.05) is 24.5 Å². The molecule has 0 aliphatic carbocycles. The lowest BCUT2D eigenvalue weighted by atomic mass is 10.2. The third-order valence-corrected chi connectivity index (χ3v) is 4.73. The Labute approximate surface area is 141 Å². The molecule has 5 nitrogen and oxygen atoms in total. The lowest BCUT2D eigenvalue weighted by molar-refractivity contribution is 0.0934. The largest absolute Gasteiger partial charge is 0.349 e. The van der Waals surface area contributed by atoms with Crippen molar-refractivity contribution in [2.45, 2.75) is 25.8 Å². The zero-order chi connectivity index (χ0) is 16.2. The Morgan fingerprint density at radius 3 is 2.91 bits per heavy atom. The maximum Gasteiger partial charge on any atom is 0.269 e. The number of para-hydroxylation sites is 1. The van der Waals surface area contributed by atoms with Gasteiger partial charge in [-0.05, 0) is 50.3 Å². The Kier molecular flexibility index (Phi) is 4.93. The van der Waals surface area contributed by atoms with Crippen molar-refractivity contribution in [1.29, 1.82) is 0 Å². The average molecular weight is 330 g/mol. The molecule has 0 bridgehead atoms. The van der Waals surface area contributed by atoms with E-state index < -0.39 is 0 Å². The van der Waals surface area contributed by atoms with Gasteiger partial charge in [-0.3, -0.25) is 14.3 Å². The molecule has 1 atom stereocenters. The molecule has 1 unspecified atom stereocenters. The fourth-order valence-electron chi connectivity index (χ4n) is 3.21. The number of carbonyl (C=O) groups is 1. The van der Waals surface area contributed by atoms with Crippen LogP contribution in [0.3, 0.4) is 0 Å². The van der Waals surface area contributed by atoms with E-state index in [0.717, 1.165) is 25.2 Å². The van der Waals surface area contributed by atoms with Gasteiger partial charge in [-0.25, -0.2) is 0 Å². The number of hydrogen-bond acceptors (Lipinski definition) is 3. The molecule has 1 aliphatic rings. The van der Waals surface area contributed by atoms with Crippen LogP contribution >= 0.6 is 12.2 Å². The molecule has 23 heavy (non-hydrogen) atoms. The molecule has 1 amide bonds. The summed E-state index contributed by atoms with van der Waals surface area (Å²) in [5.41, 5.74) is 1.43. The first-order valence-corrected chi connectivity index (χ1v) is 8.49. The summed E-state index contributed by atoms with van der Waals surface area (Å²) in [6.45, 7) is 5.01. The van der Waals surface area contributed by atoms with Crippen LogP contribution in [0, 0.1) is 4.77 Å². The van der Waals surface area contributed by atoms with E-state index in [-0.39, 0.29) is 5.91 Å². The van der Waals surface area contributed by atoms with Gasteiger partial charge in [0.15, 0.2) is 4.77 Å². The van der Waals surface area contributed by atoms with E-state index in [4.69, 9.17) is 12.2 Å². The fraction of sp³-hybridized carbons (Fsp3) is 0.412. The summed E-state index contributed by atoms with van der Waals surface area (Å²) in [6.07, 6.45) is 4.03. The van der Waals surface area contributed by atoms with Gasteiger partial charge in [0.05, 0.1) is 0 Å². The molecule has 2 N–H and O–H groups in total. The third-order valence-electron chi connectivity index (χ3n) is 4.43. The standard InChI is InChI=1S/C17H22N4OS/c1-2-20-10-6-9-14(20)11-18-16(22)15-12-19-17(23)21(15)13-7-4-3-5-8-13/h3-5,7-8,12,14H,2,6,9-11H2,1H3,(H,18,22)(H,19,23). The molecule has 2 heterocycles. The van der Waals surface area contributed by atoms with Crippen LogP contribution in [0.25, 0.3) is 5.69 Å². The zero-order valence-corrected chi connectivity index (χ0v) is 14.1. The molecule has 2 aromatic rings. The second-order valence-corrected chi connectivity index (χ2v) is 6.17. The van der Waals surface area contributed by atoms with Gasteiger partial charge in [0.1, 0.15) is 5.69 Å². The highest BCUT2D eigenvalue weighted by Crippen LogP contribution is 2.16. The van der Waals surface area contributed by atoms with E-state index in [9.17, 15) is 4.79 Å². The van der Waals surface area contributed by atoms with Gasteiger partial charge in [-0.2, -0.15) is 0 Å². The van der Waals surface area contributed by atoms with Gasteiger partial charge in [0.25, 0.3) is 5.91 Å². The van der Waals surface area contributed by atoms with E-state index >= 15 is 0 Å². The molecule has 1 saturated heterocycles. The number of nitrogens with zero attached hydrogens (tertiary/aromatic N) is 2. The Bertz CT molecular complexity index is 722. The molecule has 6 heteroatoms. The lowest BCUT2D eigenvalue weighted by Crippen LogP contribution is -2.40. The van der Waals surface area contributed by atoms with Crippen LogP contribution in [0.1, 0.15) is 30.3 Å². The lowest BCUT2D eigenvalue weighted by Gasteiger charge is -2.22. The van der Waals surface area contributed by atoms with Gasteiger partial charge >= 0.3 is 0 Å². The first-order valence-electron chi connectivity index (χ1n) is 8.08. The van der Waals surface area contributed by atoms with Crippen molar-refractivity contribution < 1.29 is 4.79 Å². The molecule has 0 spiro atoms. The highest BCUT2D eigenvalue weighted by atomic mass is 32.1. The maximum atomic E-state index is 12.6. The smallest absolute Gasteiger partial charge is 0.269 e. The van der Waals surface area contributed by atoms with E-state index in [0.29, 0.717) is 23.1 Å². The highest BCUT2D eigenvalue weighted by molar-refractivity contribution is 7.71. The number of imidazole rings is 1. The predicted molar refractivity (Wildman–Crippen MR) is 93.6 cm³/mol. The summed E-state index contributed by atoms with van der Waals surface area (Å²) in [7, 11) is 0. The van der Waals surface area contributed by atoms with Crippen molar-refractivity contribution in [3.63, 3.8) is 0 Å². The van der Waals surface area contributed by atoms with Gasteiger partial charge in [-0.15, -0.1) is 0 Å². The second kappa shape index (κ2) is 7.10. The van der Waals surface area contributed by atoms with Crippen molar-refractivity contribution in [2.75, 3.05) is 19.6 Å². The average Bonchev–Trinajstić information content (AvgIpc) is 3.19. The summed E-state index contributed by atoms with van der Waals surface area (Å²) in [6, 6.07) is 10.1. The number of amides is 1. The van der Waals surface area contributed by atoms with E-state index in [2.05, 4.69) is 22.1 Å². The molecule has 1 aromatic carbocycles. The van der Waals surface area contributed by atoms with Crippen LogP contribution in [0.5, 0.6) is 0 Å². The Morgan fingerprint density at radius 1 is 1.39 bits per heavy atom. The number of nitrogens with one attached hydrogen (secondary N) is 2. The van der Waals surface area contributed by atoms with Crippen molar-refractivity contribution in [1.82, 2.24) is 19.8 Å². The van der Waals surface area contributed by atoms with Crippen LogP contribution in [0.4, 0.5) is 0 Å². The van der Waals surface area contributed by atoms with E-state index in [1.807, 2.05) is 30.3 Å². The summed E-state index contributed by atoms with van der Waals surface area (Å²) in [4.78, 5) is 18.0. The number of aromatic nitrogens is 2. The summed E-state index contributed by atoms with van der Waals surface area (Å²) < 4.78 is 2.30. The number of H-pyrrole nitrogens is 1. The molecular weight excluding hydrogens is 308 g/mol. The number of likely N-dealkylation sites (tertiary alicyclic amines) is 1. The summed E-state index contributed by atoms with van der Waals surface area (Å²) in [5.74, 6) is -0.0934. The van der Waals surface area contributed by atoms with Gasteiger partial charge < -0.3 is 10.3 Å². The molecular formula is C17H22N4OS. The van der Waals surface area contributed by atoms with Crippen molar-refractivity contribution in [2.24, 2.45) is 0 Å². The minimum Gasteiger partial charge on any atom is -0.349 e. The Balaban J connectivity index is 1.75. The number of hydrogen-bond donors (Lipinski definition) is 2. The first kappa shape index (κ1) is 16.0. The normalized spacial score (nSPS) is 18.2. The quantitative estimate of drug-likeness (QED) is 0.829. The minimum absolute atomic E-state index is 0.0934. The van der Waals surface area contributed by atoms with Crippen molar-refractivity contribution in [3.8, 4) is 5.69 Å². The van der Waals surface area contributed by atoms with Gasteiger partial charge in [0.2, 0.25) is 0 Å². The maximum absolute atomic E-state index is 12.6. The molecule has 1 fully saturated rings. The number of carbonyl (C=O) groups excluding carboxylic acids is 1. The van der Waals surface area contributed by atoms with Crippen LogP contribution in [-0.2, 0) is 0 Å². The molecule has 3 rings (SSSR count). The summed E-state index contributed by atoms with van der Waals surface area (Å²) >= 11 is 5.32. The monoisotopic (exact) mass is 330 g/mol. The zero-order valence-electron chi connectivity index (χ0n) is 13.3. The number of rotatable bonds is 5. The van der Waals surface area contributed by atoms with Gasteiger partial charge in [-0.1, -0.05) is 25.1 Å². The number of likely N-dealkylation sites (N-methyl/N-ethyl adjacent to an activating group) is 1.